The Morgan fingerprint density at radius 1 is 1.44 bits per heavy atom. The van der Waals surface area contributed by atoms with Crippen LogP contribution < -0.4 is 0 Å². The first-order valence-electron chi connectivity index (χ1n) is 6.17. The molecule has 0 amide bonds. The third-order valence-electron chi connectivity index (χ3n) is 3.59. The Balaban J connectivity index is 2.17. The van der Waals surface area contributed by atoms with Crippen LogP contribution in [-0.2, 0) is 4.74 Å². The van der Waals surface area contributed by atoms with Gasteiger partial charge in [0.2, 0.25) is 0 Å². The molecule has 0 aromatic carbocycles. The summed E-state index contributed by atoms with van der Waals surface area (Å²) in [6, 6.07) is 2.55. The van der Waals surface area contributed by atoms with E-state index in [1.54, 1.807) is 11.8 Å². The summed E-state index contributed by atoms with van der Waals surface area (Å²) >= 11 is 1.58. The lowest BCUT2D eigenvalue weighted by molar-refractivity contribution is 0.182. The first-order valence-corrected chi connectivity index (χ1v) is 7.39. The number of aromatic nitrogens is 3. The third kappa shape index (κ3) is 1.82. The van der Waals surface area contributed by atoms with Crippen LogP contribution in [0.5, 0.6) is 0 Å². The predicted molar refractivity (Wildman–Crippen MR) is 73.1 cm³/mol. The van der Waals surface area contributed by atoms with Gasteiger partial charge in [0, 0.05) is 23.2 Å². The van der Waals surface area contributed by atoms with Gasteiger partial charge in [-0.25, -0.2) is 9.97 Å². The van der Waals surface area contributed by atoms with Crippen LogP contribution in [0.4, 0.5) is 0 Å². The molecule has 3 heterocycles. The van der Waals surface area contributed by atoms with Gasteiger partial charge in [0.15, 0.2) is 5.16 Å². The van der Waals surface area contributed by atoms with Gasteiger partial charge in [-0.05, 0) is 19.2 Å². The van der Waals surface area contributed by atoms with E-state index in [2.05, 4.69) is 34.4 Å². The number of hydrogen-bond donors (Lipinski definition) is 0. The SMILES string of the molecule is CSc1ncc2cc(C)n(C3COCC3C)c2n1. The van der Waals surface area contributed by atoms with Crippen LogP contribution >= 0.6 is 11.8 Å². The molecule has 1 fully saturated rings. The van der Waals surface area contributed by atoms with Crippen molar-refractivity contribution in [3.05, 3.63) is 18.0 Å². The van der Waals surface area contributed by atoms with E-state index < -0.39 is 0 Å². The quantitative estimate of drug-likeness (QED) is 0.617. The molecule has 2 aromatic rings. The fraction of sp³-hybridized carbons (Fsp3) is 0.538. The Morgan fingerprint density at radius 3 is 2.94 bits per heavy atom. The zero-order valence-corrected chi connectivity index (χ0v) is 11.7. The summed E-state index contributed by atoms with van der Waals surface area (Å²) in [4.78, 5) is 8.99. The maximum Gasteiger partial charge on any atom is 0.189 e. The molecule has 0 radical (unpaired) electrons. The van der Waals surface area contributed by atoms with Crippen molar-refractivity contribution in [2.45, 2.75) is 25.0 Å². The minimum absolute atomic E-state index is 0.395. The minimum atomic E-state index is 0.395. The smallest absolute Gasteiger partial charge is 0.189 e. The second kappa shape index (κ2) is 4.55. The van der Waals surface area contributed by atoms with Gasteiger partial charge in [-0.2, -0.15) is 0 Å². The number of fused-ring (bicyclic) bond motifs is 1. The lowest BCUT2D eigenvalue weighted by atomic mass is 10.1. The third-order valence-corrected chi connectivity index (χ3v) is 4.15. The van der Waals surface area contributed by atoms with Crippen molar-refractivity contribution in [1.82, 2.24) is 14.5 Å². The van der Waals surface area contributed by atoms with E-state index in [1.807, 2.05) is 12.5 Å². The number of thioether (sulfide) groups is 1. The van der Waals surface area contributed by atoms with E-state index in [1.165, 1.54) is 5.69 Å². The molecule has 2 atom stereocenters. The molecule has 4 nitrogen and oxygen atoms in total. The van der Waals surface area contributed by atoms with Gasteiger partial charge >= 0.3 is 0 Å². The molecule has 2 aromatic heterocycles. The molecule has 0 aliphatic carbocycles. The van der Waals surface area contributed by atoms with Gasteiger partial charge in [-0.1, -0.05) is 18.7 Å². The van der Waals surface area contributed by atoms with Crippen molar-refractivity contribution < 1.29 is 4.74 Å². The highest BCUT2D eigenvalue weighted by atomic mass is 32.2. The Labute approximate surface area is 111 Å². The molecule has 1 aliphatic heterocycles. The first-order chi connectivity index (χ1) is 8.70. The lowest BCUT2D eigenvalue weighted by Crippen LogP contribution is -2.17. The topological polar surface area (TPSA) is 39.9 Å². The Hall–Kier alpha value is -1.07. The van der Waals surface area contributed by atoms with Gasteiger partial charge < -0.3 is 9.30 Å². The van der Waals surface area contributed by atoms with E-state index in [-0.39, 0.29) is 0 Å². The maximum atomic E-state index is 5.58. The van der Waals surface area contributed by atoms with Crippen molar-refractivity contribution in [1.29, 1.82) is 0 Å². The fourth-order valence-corrected chi connectivity index (χ4v) is 2.95. The van der Waals surface area contributed by atoms with Gasteiger partial charge in [-0.3, -0.25) is 0 Å². The van der Waals surface area contributed by atoms with Crippen LogP contribution in [0.3, 0.4) is 0 Å². The summed E-state index contributed by atoms with van der Waals surface area (Å²) in [6.07, 6.45) is 3.92. The second-order valence-corrected chi connectivity index (χ2v) is 5.65. The van der Waals surface area contributed by atoms with Crippen LogP contribution in [0.1, 0.15) is 18.7 Å². The normalized spacial score (nSPS) is 23.9. The fourth-order valence-electron chi connectivity index (χ4n) is 2.62. The molecule has 1 saturated heterocycles. The van der Waals surface area contributed by atoms with Crippen molar-refractivity contribution in [2.75, 3.05) is 19.5 Å². The van der Waals surface area contributed by atoms with Crippen molar-refractivity contribution in [3.8, 4) is 0 Å². The summed E-state index contributed by atoms with van der Waals surface area (Å²) in [7, 11) is 0. The van der Waals surface area contributed by atoms with Gasteiger partial charge in [0.1, 0.15) is 5.65 Å². The summed E-state index contributed by atoms with van der Waals surface area (Å²) in [6.45, 7) is 5.99. The van der Waals surface area contributed by atoms with Gasteiger partial charge in [0.25, 0.3) is 0 Å². The zero-order valence-electron chi connectivity index (χ0n) is 10.9. The lowest BCUT2D eigenvalue weighted by Gasteiger charge is -2.18. The highest BCUT2D eigenvalue weighted by Gasteiger charge is 2.28. The van der Waals surface area contributed by atoms with Crippen LogP contribution in [0.15, 0.2) is 17.4 Å². The molecule has 18 heavy (non-hydrogen) atoms. The van der Waals surface area contributed by atoms with E-state index in [0.29, 0.717) is 12.0 Å². The number of nitrogens with zero attached hydrogens (tertiary/aromatic N) is 3. The Morgan fingerprint density at radius 2 is 2.28 bits per heavy atom. The Kier molecular flexibility index (Phi) is 3.03. The first kappa shape index (κ1) is 12.0. The molecule has 1 aliphatic rings. The molecule has 0 N–H and O–H groups in total. The minimum Gasteiger partial charge on any atom is -0.379 e. The molecule has 2 unspecified atom stereocenters. The standard InChI is InChI=1S/C13H17N3OS/c1-8-6-17-7-11(8)16-9(2)4-10-5-14-13(18-3)15-12(10)16/h4-5,8,11H,6-7H2,1-3H3. The number of hydrogen-bond acceptors (Lipinski definition) is 4. The van der Waals surface area contributed by atoms with Crippen molar-refractivity contribution in [2.24, 2.45) is 5.92 Å². The van der Waals surface area contributed by atoms with Crippen molar-refractivity contribution >= 4 is 22.8 Å². The molecule has 5 heteroatoms. The summed E-state index contributed by atoms with van der Waals surface area (Å²) < 4.78 is 7.90. The summed E-state index contributed by atoms with van der Waals surface area (Å²) in [5.74, 6) is 0.534. The van der Waals surface area contributed by atoms with Crippen LogP contribution in [0.25, 0.3) is 11.0 Å². The van der Waals surface area contributed by atoms with E-state index in [0.717, 1.165) is 29.4 Å². The molecule has 96 valence electrons. The molecular weight excluding hydrogens is 246 g/mol. The predicted octanol–water partition coefficient (Wildman–Crippen LogP) is 2.67. The Bertz CT molecular complexity index is 581. The molecule has 0 bridgehead atoms. The second-order valence-electron chi connectivity index (χ2n) is 4.87. The number of ether oxygens (including phenoxy) is 1. The van der Waals surface area contributed by atoms with E-state index in [4.69, 9.17) is 4.74 Å². The van der Waals surface area contributed by atoms with E-state index in [9.17, 15) is 0 Å². The van der Waals surface area contributed by atoms with E-state index >= 15 is 0 Å². The molecule has 0 saturated carbocycles. The summed E-state index contributed by atoms with van der Waals surface area (Å²) in [5.41, 5.74) is 2.27. The number of aryl methyl sites for hydroxylation is 1. The largest absolute Gasteiger partial charge is 0.379 e. The molecule has 0 spiro atoms. The number of rotatable bonds is 2. The highest BCUT2D eigenvalue weighted by Crippen LogP contribution is 2.31. The van der Waals surface area contributed by atoms with Crippen molar-refractivity contribution in [3.63, 3.8) is 0 Å². The maximum absolute atomic E-state index is 5.58. The average molecular weight is 263 g/mol. The highest BCUT2D eigenvalue weighted by molar-refractivity contribution is 7.98. The van der Waals surface area contributed by atoms with Crippen LogP contribution in [0, 0.1) is 12.8 Å². The summed E-state index contributed by atoms with van der Waals surface area (Å²) in [5, 5.41) is 1.94. The molecular formula is C13H17N3OS. The zero-order chi connectivity index (χ0) is 12.7. The van der Waals surface area contributed by atoms with Gasteiger partial charge in [0.05, 0.1) is 19.3 Å². The van der Waals surface area contributed by atoms with Crippen LogP contribution in [0.2, 0.25) is 0 Å². The van der Waals surface area contributed by atoms with Crippen LogP contribution in [-0.4, -0.2) is 34.0 Å². The average Bonchev–Trinajstić information content (AvgIpc) is 2.90. The monoisotopic (exact) mass is 263 g/mol. The van der Waals surface area contributed by atoms with Gasteiger partial charge in [-0.15, -0.1) is 0 Å². The molecule has 3 rings (SSSR count).